The third-order valence-corrected chi connectivity index (χ3v) is 5.39. The number of anilines is 1. The molecule has 3 amide bonds. The summed E-state index contributed by atoms with van der Waals surface area (Å²) in [5.41, 5.74) is -0.256. The van der Waals surface area contributed by atoms with E-state index in [0.717, 1.165) is 10.9 Å². The molecule has 0 radical (unpaired) electrons. The van der Waals surface area contributed by atoms with E-state index in [9.17, 15) is 14.4 Å². The summed E-state index contributed by atoms with van der Waals surface area (Å²) in [5.74, 6) is -1.28. The van der Waals surface area contributed by atoms with Gasteiger partial charge in [0.1, 0.15) is 12.1 Å². The number of hydrogen-bond acceptors (Lipinski definition) is 3. The minimum Gasteiger partial charge on any atom is -0.480 e. The SMILES string of the molecule is O=C(O)CN1CCCC2(CCCN2C(=O)Nc2ccc(Br)cc2)C1=O. The fourth-order valence-electron chi connectivity index (χ4n) is 3.76. The van der Waals surface area contributed by atoms with Crippen LogP contribution in [0.1, 0.15) is 25.7 Å². The van der Waals surface area contributed by atoms with Gasteiger partial charge in [0.2, 0.25) is 5.91 Å². The second-order valence-corrected chi connectivity index (χ2v) is 7.36. The Balaban J connectivity index is 1.78. The van der Waals surface area contributed by atoms with Gasteiger partial charge in [-0.1, -0.05) is 15.9 Å². The Hall–Kier alpha value is -2.09. The number of rotatable bonds is 3. The van der Waals surface area contributed by atoms with Crippen LogP contribution in [-0.2, 0) is 9.59 Å². The smallest absolute Gasteiger partial charge is 0.323 e. The lowest BCUT2D eigenvalue weighted by Gasteiger charge is -2.44. The van der Waals surface area contributed by atoms with Crippen molar-refractivity contribution in [3.63, 3.8) is 0 Å². The lowest BCUT2D eigenvalue weighted by Crippen LogP contribution is -2.62. The summed E-state index contributed by atoms with van der Waals surface area (Å²) in [5, 5.41) is 11.9. The number of aliphatic carboxylic acids is 1. The van der Waals surface area contributed by atoms with E-state index in [1.54, 1.807) is 17.0 Å². The van der Waals surface area contributed by atoms with Crippen LogP contribution in [0, 0.1) is 0 Å². The zero-order valence-corrected chi connectivity index (χ0v) is 15.3. The molecule has 1 atom stereocenters. The lowest BCUT2D eigenvalue weighted by molar-refractivity contribution is -0.152. The number of urea groups is 1. The third-order valence-electron chi connectivity index (χ3n) is 4.86. The second kappa shape index (κ2) is 7.03. The normalized spacial score (nSPS) is 23.2. The zero-order valence-electron chi connectivity index (χ0n) is 13.7. The molecular weight excluding hydrogens is 390 g/mol. The first-order chi connectivity index (χ1) is 11.9. The fourth-order valence-corrected chi connectivity index (χ4v) is 4.02. The van der Waals surface area contributed by atoms with E-state index in [0.29, 0.717) is 38.0 Å². The van der Waals surface area contributed by atoms with Crippen molar-refractivity contribution in [1.82, 2.24) is 9.80 Å². The van der Waals surface area contributed by atoms with Crippen molar-refractivity contribution in [3.05, 3.63) is 28.7 Å². The van der Waals surface area contributed by atoms with Crippen molar-refractivity contribution in [3.8, 4) is 0 Å². The lowest BCUT2D eigenvalue weighted by atomic mass is 9.85. The summed E-state index contributed by atoms with van der Waals surface area (Å²) in [6, 6.07) is 6.91. The summed E-state index contributed by atoms with van der Waals surface area (Å²) in [7, 11) is 0. The Labute approximate surface area is 154 Å². The third kappa shape index (κ3) is 3.49. The van der Waals surface area contributed by atoms with Crippen LogP contribution in [0.15, 0.2) is 28.7 Å². The summed E-state index contributed by atoms with van der Waals surface area (Å²) >= 11 is 3.35. The number of likely N-dealkylation sites (tertiary alicyclic amines) is 2. The highest BCUT2D eigenvalue weighted by Crippen LogP contribution is 2.38. The standard InChI is InChI=1S/C17H20BrN3O4/c18-12-3-5-13(6-4-12)19-16(25)21-10-2-8-17(21)7-1-9-20(15(17)24)11-14(22)23/h3-6H,1-2,7-11H2,(H,19,25)(H,22,23). The number of nitrogens with zero attached hydrogens (tertiary/aromatic N) is 2. The van der Waals surface area contributed by atoms with Gasteiger partial charge in [-0.05, 0) is 49.9 Å². The number of benzene rings is 1. The number of carbonyl (C=O) groups excluding carboxylic acids is 2. The van der Waals surface area contributed by atoms with Crippen molar-refractivity contribution in [1.29, 1.82) is 0 Å². The van der Waals surface area contributed by atoms with Crippen LogP contribution in [0.2, 0.25) is 0 Å². The number of halogens is 1. The van der Waals surface area contributed by atoms with Gasteiger partial charge in [0.05, 0.1) is 0 Å². The topological polar surface area (TPSA) is 89.9 Å². The Kier molecular flexibility index (Phi) is 4.99. The average Bonchev–Trinajstić information content (AvgIpc) is 2.98. The maximum atomic E-state index is 12.9. The van der Waals surface area contributed by atoms with Crippen LogP contribution >= 0.6 is 15.9 Å². The Morgan fingerprint density at radius 2 is 1.80 bits per heavy atom. The number of amides is 3. The van der Waals surface area contributed by atoms with Gasteiger partial charge < -0.3 is 20.2 Å². The summed E-state index contributed by atoms with van der Waals surface area (Å²) in [6.45, 7) is 0.604. The molecule has 1 unspecified atom stereocenters. The van der Waals surface area contributed by atoms with Crippen LogP contribution in [-0.4, -0.2) is 58.0 Å². The van der Waals surface area contributed by atoms with E-state index in [1.165, 1.54) is 4.90 Å². The molecule has 25 heavy (non-hydrogen) atoms. The van der Waals surface area contributed by atoms with Crippen molar-refractivity contribution >= 4 is 39.5 Å². The minimum absolute atomic E-state index is 0.246. The number of nitrogens with one attached hydrogen (secondary N) is 1. The van der Waals surface area contributed by atoms with Gasteiger partial charge in [-0.15, -0.1) is 0 Å². The molecule has 3 rings (SSSR count). The molecule has 2 saturated heterocycles. The molecular formula is C17H20BrN3O4. The molecule has 2 aliphatic heterocycles. The molecule has 7 nitrogen and oxygen atoms in total. The van der Waals surface area contributed by atoms with E-state index >= 15 is 0 Å². The molecule has 8 heteroatoms. The van der Waals surface area contributed by atoms with Crippen LogP contribution in [0.4, 0.5) is 10.5 Å². The predicted molar refractivity (Wildman–Crippen MR) is 95.3 cm³/mol. The molecule has 1 aromatic carbocycles. The second-order valence-electron chi connectivity index (χ2n) is 6.45. The van der Waals surface area contributed by atoms with E-state index in [-0.39, 0.29) is 18.5 Å². The van der Waals surface area contributed by atoms with E-state index < -0.39 is 11.5 Å². The molecule has 0 bridgehead atoms. The highest BCUT2D eigenvalue weighted by molar-refractivity contribution is 9.10. The van der Waals surface area contributed by atoms with Gasteiger partial charge in [-0.25, -0.2) is 4.79 Å². The predicted octanol–water partition coefficient (Wildman–Crippen LogP) is 2.52. The first-order valence-corrected chi connectivity index (χ1v) is 9.07. The Morgan fingerprint density at radius 1 is 1.16 bits per heavy atom. The van der Waals surface area contributed by atoms with Gasteiger partial charge in [-0.3, -0.25) is 9.59 Å². The van der Waals surface area contributed by atoms with Gasteiger partial charge >= 0.3 is 12.0 Å². The number of hydrogen-bond donors (Lipinski definition) is 2. The number of carbonyl (C=O) groups is 3. The molecule has 0 aromatic heterocycles. The van der Waals surface area contributed by atoms with Gasteiger partial charge in [0.15, 0.2) is 0 Å². The monoisotopic (exact) mass is 409 g/mol. The molecule has 2 N–H and O–H groups in total. The van der Waals surface area contributed by atoms with Crippen LogP contribution < -0.4 is 5.32 Å². The summed E-state index contributed by atoms with van der Waals surface area (Å²) < 4.78 is 0.912. The first-order valence-electron chi connectivity index (χ1n) is 8.28. The average molecular weight is 410 g/mol. The molecule has 0 aliphatic carbocycles. The van der Waals surface area contributed by atoms with Crippen LogP contribution in [0.3, 0.4) is 0 Å². The molecule has 0 saturated carbocycles. The van der Waals surface area contributed by atoms with Crippen molar-refractivity contribution in [2.45, 2.75) is 31.2 Å². The molecule has 2 aliphatic rings. The fraction of sp³-hybridized carbons (Fsp3) is 0.471. The van der Waals surface area contributed by atoms with Gasteiger partial charge in [0, 0.05) is 23.2 Å². The van der Waals surface area contributed by atoms with E-state index in [1.807, 2.05) is 12.1 Å². The quantitative estimate of drug-likeness (QED) is 0.802. The molecule has 2 fully saturated rings. The first kappa shape index (κ1) is 17.7. The minimum atomic E-state index is -1.03. The van der Waals surface area contributed by atoms with Crippen LogP contribution in [0.25, 0.3) is 0 Å². The van der Waals surface area contributed by atoms with E-state index in [2.05, 4.69) is 21.2 Å². The molecule has 1 spiro atoms. The van der Waals surface area contributed by atoms with Gasteiger partial charge in [0.25, 0.3) is 0 Å². The molecule has 1 aromatic rings. The Bertz CT molecular complexity index is 694. The number of carboxylic acid groups (broad SMARTS) is 1. The maximum absolute atomic E-state index is 12.9. The number of carboxylic acids is 1. The van der Waals surface area contributed by atoms with Gasteiger partial charge in [-0.2, -0.15) is 0 Å². The van der Waals surface area contributed by atoms with E-state index in [4.69, 9.17) is 5.11 Å². The van der Waals surface area contributed by atoms with Crippen LogP contribution in [0.5, 0.6) is 0 Å². The highest BCUT2D eigenvalue weighted by Gasteiger charge is 2.53. The largest absolute Gasteiger partial charge is 0.480 e. The maximum Gasteiger partial charge on any atom is 0.323 e. The van der Waals surface area contributed by atoms with Crippen molar-refractivity contribution < 1.29 is 19.5 Å². The summed E-state index contributed by atoms with van der Waals surface area (Å²) in [4.78, 5) is 39.7. The zero-order chi connectivity index (χ0) is 18.0. The molecule has 134 valence electrons. The summed E-state index contributed by atoms with van der Waals surface area (Å²) in [6.07, 6.45) is 2.59. The number of piperidine rings is 1. The van der Waals surface area contributed by atoms with Crippen molar-refractivity contribution in [2.24, 2.45) is 0 Å². The Morgan fingerprint density at radius 3 is 2.44 bits per heavy atom. The van der Waals surface area contributed by atoms with Crippen molar-refractivity contribution in [2.75, 3.05) is 25.0 Å². The molecule has 2 heterocycles. The highest BCUT2D eigenvalue weighted by atomic mass is 79.9.